The van der Waals surface area contributed by atoms with Crippen LogP contribution in [-0.2, 0) is 11.3 Å². The molecule has 0 spiro atoms. The first-order chi connectivity index (χ1) is 19.5. The van der Waals surface area contributed by atoms with E-state index in [4.69, 9.17) is 4.74 Å². The third-order valence-electron chi connectivity index (χ3n) is 6.51. The maximum Gasteiger partial charge on any atom is 0.407 e. The van der Waals surface area contributed by atoms with Crippen LogP contribution in [0.25, 0.3) is 21.1 Å². The fraction of sp³-hybridized carbons (Fsp3) is 0.241. The topological polar surface area (TPSA) is 106 Å². The fourth-order valence-electron chi connectivity index (χ4n) is 4.65. The predicted molar refractivity (Wildman–Crippen MR) is 153 cm³/mol. The summed E-state index contributed by atoms with van der Waals surface area (Å²) in [7, 11) is 0. The number of carbonyl (C=O) groups excluding carboxylic acids is 1. The summed E-state index contributed by atoms with van der Waals surface area (Å²) in [5.74, 6) is 6.91. The summed E-state index contributed by atoms with van der Waals surface area (Å²) in [6, 6.07) is 14.5. The average Bonchev–Trinajstić information content (AvgIpc) is 3.67. The van der Waals surface area contributed by atoms with Gasteiger partial charge in [-0.05, 0) is 48.9 Å². The van der Waals surface area contributed by atoms with Crippen molar-refractivity contribution in [2.45, 2.75) is 32.0 Å². The predicted octanol–water partition coefficient (Wildman–Crippen LogP) is 4.80. The van der Waals surface area contributed by atoms with Gasteiger partial charge in [-0.25, -0.2) is 19.2 Å². The molecular weight excluding hydrogens is 529 g/mol. The van der Waals surface area contributed by atoms with E-state index in [9.17, 15) is 9.18 Å². The van der Waals surface area contributed by atoms with Gasteiger partial charge in [0, 0.05) is 30.6 Å². The number of hydrogen-bond donors (Lipinski definition) is 3. The van der Waals surface area contributed by atoms with E-state index < -0.39 is 6.09 Å². The summed E-state index contributed by atoms with van der Waals surface area (Å²) >= 11 is 1.50. The van der Waals surface area contributed by atoms with Crippen LogP contribution >= 0.6 is 11.3 Å². The maximum atomic E-state index is 13.6. The first-order valence-electron chi connectivity index (χ1n) is 12.9. The third-order valence-corrected chi connectivity index (χ3v) is 7.47. The number of nitrogens with one attached hydrogen (secondary N) is 3. The quantitative estimate of drug-likeness (QED) is 0.259. The lowest BCUT2D eigenvalue weighted by atomic mass is 10.2. The number of ether oxygens (including phenoxy) is 1. The highest BCUT2D eigenvalue weighted by Gasteiger charge is 2.25. The highest BCUT2D eigenvalue weighted by Crippen LogP contribution is 2.30. The summed E-state index contributed by atoms with van der Waals surface area (Å²) in [5.41, 5.74) is 2.67. The molecule has 0 saturated carbocycles. The van der Waals surface area contributed by atoms with E-state index >= 15 is 0 Å². The first kappa shape index (κ1) is 25.7. The first-order valence-corrected chi connectivity index (χ1v) is 13.8. The molecule has 1 saturated heterocycles. The number of benzene rings is 2. The minimum Gasteiger partial charge on any atom is -0.445 e. The number of nitrogens with zero attached hydrogens (tertiary/aromatic N) is 4. The zero-order valence-corrected chi connectivity index (χ0v) is 22.5. The van der Waals surface area contributed by atoms with Crippen molar-refractivity contribution in [1.29, 1.82) is 0 Å². The summed E-state index contributed by atoms with van der Waals surface area (Å²) in [4.78, 5) is 22.3. The SMILES string of the molecule is CCNC(=O)OC1CNC(C#Cc2cc3c(Nc4ccc5c(cnn5Cc5cccc(F)c5)c4)ncnc3s2)C1. The lowest BCUT2D eigenvalue weighted by molar-refractivity contribution is 0.107. The molecule has 11 heteroatoms. The maximum absolute atomic E-state index is 13.6. The number of aromatic nitrogens is 4. The zero-order chi connectivity index (χ0) is 27.5. The Morgan fingerprint density at radius 3 is 3.05 bits per heavy atom. The van der Waals surface area contributed by atoms with Gasteiger partial charge < -0.3 is 15.4 Å². The van der Waals surface area contributed by atoms with Gasteiger partial charge in [0.05, 0.1) is 34.6 Å². The van der Waals surface area contributed by atoms with E-state index in [2.05, 4.69) is 42.9 Å². The van der Waals surface area contributed by atoms with E-state index in [1.54, 1.807) is 12.3 Å². The van der Waals surface area contributed by atoms with Crippen molar-refractivity contribution in [1.82, 2.24) is 30.4 Å². The van der Waals surface area contributed by atoms with Crippen molar-refractivity contribution in [3.63, 3.8) is 0 Å². The van der Waals surface area contributed by atoms with Crippen molar-refractivity contribution >= 4 is 50.1 Å². The molecule has 40 heavy (non-hydrogen) atoms. The van der Waals surface area contributed by atoms with Crippen LogP contribution in [0.2, 0.25) is 0 Å². The number of anilines is 2. The Hall–Kier alpha value is -4.53. The van der Waals surface area contributed by atoms with Crippen molar-refractivity contribution in [3.05, 3.63) is 77.3 Å². The number of carbonyl (C=O) groups is 1. The Labute approximate surface area is 233 Å². The number of rotatable bonds is 6. The van der Waals surface area contributed by atoms with E-state index in [1.165, 1.54) is 29.8 Å². The minimum absolute atomic E-state index is 0.0538. The molecule has 2 aromatic carbocycles. The van der Waals surface area contributed by atoms with Crippen LogP contribution in [0, 0.1) is 17.7 Å². The summed E-state index contributed by atoms with van der Waals surface area (Å²) < 4.78 is 20.8. The van der Waals surface area contributed by atoms with Gasteiger partial charge in [0.1, 0.15) is 28.9 Å². The second kappa shape index (κ2) is 11.3. The molecule has 202 valence electrons. The smallest absolute Gasteiger partial charge is 0.407 e. The number of alkyl carbamates (subject to hydrolysis) is 1. The molecule has 9 nitrogen and oxygen atoms in total. The molecule has 1 fully saturated rings. The van der Waals surface area contributed by atoms with Gasteiger partial charge in [-0.3, -0.25) is 10.00 Å². The molecule has 2 unspecified atom stereocenters. The average molecular weight is 556 g/mol. The highest BCUT2D eigenvalue weighted by molar-refractivity contribution is 7.19. The van der Waals surface area contributed by atoms with Gasteiger partial charge in [0.25, 0.3) is 0 Å². The van der Waals surface area contributed by atoms with Gasteiger partial charge in [0.15, 0.2) is 0 Å². The largest absolute Gasteiger partial charge is 0.445 e. The molecule has 1 aliphatic rings. The number of fused-ring (bicyclic) bond motifs is 2. The van der Waals surface area contributed by atoms with E-state index in [0.717, 1.165) is 37.2 Å². The second-order valence-electron chi connectivity index (χ2n) is 9.41. The molecule has 2 atom stereocenters. The summed E-state index contributed by atoms with van der Waals surface area (Å²) in [5, 5.41) is 15.7. The minimum atomic E-state index is -0.400. The van der Waals surface area contributed by atoms with Crippen molar-refractivity contribution in [2.24, 2.45) is 0 Å². The molecule has 3 aromatic heterocycles. The molecule has 1 aliphatic heterocycles. The van der Waals surface area contributed by atoms with Gasteiger partial charge >= 0.3 is 6.09 Å². The normalized spacial score (nSPS) is 16.6. The van der Waals surface area contributed by atoms with Crippen LogP contribution in [0.15, 0.2) is 61.1 Å². The van der Waals surface area contributed by atoms with Crippen LogP contribution in [-0.4, -0.2) is 51.1 Å². The van der Waals surface area contributed by atoms with Crippen molar-refractivity contribution in [3.8, 4) is 11.8 Å². The number of amides is 1. The molecule has 0 aliphatic carbocycles. The van der Waals surface area contributed by atoms with Crippen LogP contribution in [0.4, 0.5) is 20.7 Å². The van der Waals surface area contributed by atoms with E-state index in [0.29, 0.717) is 31.9 Å². The molecule has 0 bridgehead atoms. The second-order valence-corrected chi connectivity index (χ2v) is 10.4. The zero-order valence-electron chi connectivity index (χ0n) is 21.6. The molecule has 0 radical (unpaired) electrons. The lowest BCUT2D eigenvalue weighted by Gasteiger charge is -2.10. The van der Waals surface area contributed by atoms with Crippen molar-refractivity contribution in [2.75, 3.05) is 18.4 Å². The van der Waals surface area contributed by atoms with Gasteiger partial charge in [-0.1, -0.05) is 24.0 Å². The standard InChI is InChI=1S/C29H26FN7O2S/c1-2-31-29(38)39-23-12-21(32-15-23)6-8-24-13-25-27(33-17-34-28(25)40-24)36-22-7-9-26-19(11-22)14-35-37(26)16-18-4-3-5-20(30)10-18/h3-5,7,9-11,13-14,17,21,23,32H,2,12,15-16H2,1H3,(H,31,38)(H,33,34,36). The fourth-order valence-corrected chi connectivity index (χ4v) is 5.51. The van der Waals surface area contributed by atoms with Crippen LogP contribution in [0.3, 0.4) is 0 Å². The van der Waals surface area contributed by atoms with Gasteiger partial charge in [-0.15, -0.1) is 11.3 Å². The number of halogens is 1. The summed E-state index contributed by atoms with van der Waals surface area (Å²) in [6.07, 6.45) is 3.39. The van der Waals surface area contributed by atoms with E-state index in [1.807, 2.05) is 41.9 Å². The van der Waals surface area contributed by atoms with Crippen molar-refractivity contribution < 1.29 is 13.9 Å². The van der Waals surface area contributed by atoms with Crippen LogP contribution < -0.4 is 16.0 Å². The Kier molecular flexibility index (Phi) is 7.27. The van der Waals surface area contributed by atoms with E-state index in [-0.39, 0.29) is 18.0 Å². The number of thiophene rings is 1. The lowest BCUT2D eigenvalue weighted by Crippen LogP contribution is -2.29. The van der Waals surface area contributed by atoms with Crippen LogP contribution in [0.5, 0.6) is 0 Å². The monoisotopic (exact) mass is 555 g/mol. The highest BCUT2D eigenvalue weighted by atomic mass is 32.1. The Morgan fingerprint density at radius 2 is 2.17 bits per heavy atom. The third kappa shape index (κ3) is 5.73. The van der Waals surface area contributed by atoms with Gasteiger partial charge in [-0.2, -0.15) is 5.10 Å². The molecule has 4 heterocycles. The molecule has 3 N–H and O–H groups in total. The Bertz CT molecular complexity index is 1760. The Balaban J connectivity index is 1.16. The molecule has 6 rings (SSSR count). The van der Waals surface area contributed by atoms with Crippen LogP contribution in [0.1, 0.15) is 23.8 Å². The van der Waals surface area contributed by atoms with Gasteiger partial charge in [0.2, 0.25) is 0 Å². The molecule has 5 aromatic rings. The Morgan fingerprint density at radius 1 is 1.25 bits per heavy atom. The summed E-state index contributed by atoms with van der Waals surface area (Å²) in [6.45, 7) is 3.45. The molecule has 1 amide bonds. The molecular formula is C29H26FN7O2S. The number of hydrogen-bond acceptors (Lipinski definition) is 8.